The van der Waals surface area contributed by atoms with E-state index < -0.39 is 38.2 Å². The first-order valence-electron chi connectivity index (χ1n) is 7.62. The fourth-order valence-corrected chi connectivity index (χ4v) is 3.38. The first-order chi connectivity index (χ1) is 11.8. The maximum atomic E-state index is 14.1. The quantitative estimate of drug-likeness (QED) is 0.757. The van der Waals surface area contributed by atoms with Crippen LogP contribution in [0, 0.1) is 17.6 Å². The summed E-state index contributed by atoms with van der Waals surface area (Å²) in [4.78, 5) is -0.493. The van der Waals surface area contributed by atoms with Gasteiger partial charge in [0, 0.05) is 11.3 Å². The lowest BCUT2D eigenvalue weighted by atomic mass is 10.0. The van der Waals surface area contributed by atoms with Gasteiger partial charge < -0.3 is 5.32 Å². The van der Waals surface area contributed by atoms with Crippen LogP contribution in [-0.4, -0.2) is 14.2 Å². The van der Waals surface area contributed by atoms with Crippen molar-refractivity contribution in [3.63, 3.8) is 0 Å². The molecule has 2 aromatic rings. The van der Waals surface area contributed by atoms with E-state index in [9.17, 15) is 26.0 Å². The van der Waals surface area contributed by atoms with Crippen LogP contribution in [-0.2, 0) is 9.84 Å². The third-order valence-corrected chi connectivity index (χ3v) is 5.52. The average molecular weight is 373 g/mol. The molecule has 0 bridgehead atoms. The van der Waals surface area contributed by atoms with Crippen LogP contribution in [0.15, 0.2) is 47.4 Å². The Labute approximate surface area is 142 Å². The third kappa shape index (κ3) is 3.78. The molecule has 3 rings (SSSR count). The van der Waals surface area contributed by atoms with E-state index in [2.05, 4.69) is 5.32 Å². The lowest BCUT2D eigenvalue weighted by Crippen LogP contribution is -2.15. The van der Waals surface area contributed by atoms with E-state index in [1.54, 1.807) is 0 Å². The topological polar surface area (TPSA) is 46.2 Å². The molecular formula is C17H15F4NO2S. The van der Waals surface area contributed by atoms with Gasteiger partial charge in [0.2, 0.25) is 9.84 Å². The summed E-state index contributed by atoms with van der Waals surface area (Å²) in [6.45, 7) is 0. The fourth-order valence-electron chi connectivity index (χ4n) is 2.66. The highest BCUT2D eigenvalue weighted by Gasteiger charge is 2.34. The summed E-state index contributed by atoms with van der Waals surface area (Å²) in [5.74, 6) is -4.46. The molecule has 2 aromatic carbocycles. The van der Waals surface area contributed by atoms with Crippen molar-refractivity contribution in [1.82, 2.24) is 0 Å². The largest absolute Gasteiger partial charge is 0.378 e. The minimum absolute atomic E-state index is 0.126. The molecule has 0 saturated heterocycles. The van der Waals surface area contributed by atoms with E-state index in [4.69, 9.17) is 0 Å². The van der Waals surface area contributed by atoms with Gasteiger partial charge in [-0.3, -0.25) is 0 Å². The van der Waals surface area contributed by atoms with Gasteiger partial charge in [-0.1, -0.05) is 0 Å². The van der Waals surface area contributed by atoms with Crippen LogP contribution >= 0.6 is 0 Å². The van der Waals surface area contributed by atoms with Crippen LogP contribution in [0.1, 0.15) is 24.4 Å². The molecule has 0 aromatic heterocycles. The summed E-state index contributed by atoms with van der Waals surface area (Å²) in [5.41, 5.74) is 0.626. The Balaban J connectivity index is 1.85. The highest BCUT2D eigenvalue weighted by Crippen LogP contribution is 2.43. The molecule has 0 heterocycles. The smallest absolute Gasteiger partial charge is 0.341 e. The standard InChI is InChI=1S/C17H15F4NO2S/c18-11-3-8-15(19)14(9-11)16(10-1-2-10)22-12-4-6-13(7-5-12)25(23,24)17(20)21/h3-10,16-17,22H,1-2H2. The molecule has 1 atom stereocenters. The number of alkyl halides is 2. The number of hydrogen-bond acceptors (Lipinski definition) is 3. The molecule has 8 heteroatoms. The van der Waals surface area contributed by atoms with Gasteiger partial charge in [-0.05, 0) is 61.2 Å². The Morgan fingerprint density at radius 2 is 1.64 bits per heavy atom. The molecule has 0 radical (unpaired) electrons. The SMILES string of the molecule is O=S(=O)(c1ccc(NC(c2cc(F)ccc2F)C2CC2)cc1)C(F)F. The molecule has 0 amide bonds. The number of rotatable bonds is 6. The molecule has 1 aliphatic rings. The minimum Gasteiger partial charge on any atom is -0.378 e. The van der Waals surface area contributed by atoms with Crippen LogP contribution in [0.2, 0.25) is 0 Å². The Morgan fingerprint density at radius 1 is 1.00 bits per heavy atom. The van der Waals surface area contributed by atoms with Crippen LogP contribution < -0.4 is 5.32 Å². The Kier molecular flexibility index (Phi) is 4.73. The van der Waals surface area contributed by atoms with E-state index in [-0.39, 0.29) is 11.5 Å². The zero-order valence-electron chi connectivity index (χ0n) is 12.9. The summed E-state index contributed by atoms with van der Waals surface area (Å²) in [7, 11) is -4.66. The first-order valence-corrected chi connectivity index (χ1v) is 9.17. The molecule has 1 unspecified atom stereocenters. The second kappa shape index (κ2) is 6.67. The maximum Gasteiger partial charge on any atom is 0.341 e. The normalized spacial score (nSPS) is 16.0. The second-order valence-electron chi connectivity index (χ2n) is 5.96. The summed E-state index contributed by atoms with van der Waals surface area (Å²) in [6, 6.07) is 7.54. The van der Waals surface area contributed by atoms with Gasteiger partial charge in [0.25, 0.3) is 0 Å². The number of anilines is 1. The molecule has 3 nitrogen and oxygen atoms in total. The monoisotopic (exact) mass is 373 g/mol. The van der Waals surface area contributed by atoms with Gasteiger partial charge in [-0.15, -0.1) is 0 Å². The lowest BCUT2D eigenvalue weighted by Gasteiger charge is -2.21. The molecule has 134 valence electrons. The van der Waals surface area contributed by atoms with Gasteiger partial charge in [-0.25, -0.2) is 17.2 Å². The second-order valence-corrected chi connectivity index (χ2v) is 7.87. The van der Waals surface area contributed by atoms with Crippen molar-refractivity contribution in [2.45, 2.75) is 29.5 Å². The van der Waals surface area contributed by atoms with Crippen molar-refractivity contribution in [3.05, 3.63) is 59.7 Å². The van der Waals surface area contributed by atoms with Crippen molar-refractivity contribution in [1.29, 1.82) is 0 Å². The Hall–Kier alpha value is -2.09. The molecule has 1 aliphatic carbocycles. The summed E-state index contributed by atoms with van der Waals surface area (Å²) >= 11 is 0. The average Bonchev–Trinajstić information content (AvgIpc) is 3.40. The number of benzene rings is 2. The van der Waals surface area contributed by atoms with Gasteiger partial charge in [-0.2, -0.15) is 8.78 Å². The zero-order chi connectivity index (χ0) is 18.2. The van der Waals surface area contributed by atoms with Crippen molar-refractivity contribution < 1.29 is 26.0 Å². The number of sulfone groups is 1. The van der Waals surface area contributed by atoms with Gasteiger partial charge >= 0.3 is 5.76 Å². The van der Waals surface area contributed by atoms with Crippen molar-refractivity contribution in [3.8, 4) is 0 Å². The van der Waals surface area contributed by atoms with Crippen LogP contribution in [0.25, 0.3) is 0 Å². The zero-order valence-corrected chi connectivity index (χ0v) is 13.7. The minimum atomic E-state index is -4.66. The predicted octanol–water partition coefficient (Wildman–Crippen LogP) is 4.52. The van der Waals surface area contributed by atoms with Gasteiger partial charge in [0.15, 0.2) is 0 Å². The van der Waals surface area contributed by atoms with Crippen LogP contribution in [0.3, 0.4) is 0 Å². The van der Waals surface area contributed by atoms with E-state index in [1.807, 2.05) is 0 Å². The van der Waals surface area contributed by atoms with Crippen LogP contribution in [0.4, 0.5) is 23.2 Å². The highest BCUT2D eigenvalue weighted by atomic mass is 32.2. The van der Waals surface area contributed by atoms with E-state index in [0.29, 0.717) is 5.69 Å². The molecule has 0 aliphatic heterocycles. The van der Waals surface area contributed by atoms with Crippen LogP contribution in [0.5, 0.6) is 0 Å². The third-order valence-electron chi connectivity index (χ3n) is 4.13. The maximum absolute atomic E-state index is 14.1. The van der Waals surface area contributed by atoms with Crippen molar-refractivity contribution in [2.24, 2.45) is 5.92 Å². The number of nitrogens with one attached hydrogen (secondary N) is 1. The van der Waals surface area contributed by atoms with E-state index in [1.165, 1.54) is 12.1 Å². The number of halogens is 4. The molecule has 1 saturated carbocycles. The molecule has 1 N–H and O–H groups in total. The van der Waals surface area contributed by atoms with Gasteiger partial charge in [0.05, 0.1) is 10.9 Å². The lowest BCUT2D eigenvalue weighted by molar-refractivity contribution is 0.234. The molecule has 0 spiro atoms. The molecule has 25 heavy (non-hydrogen) atoms. The Bertz CT molecular complexity index is 865. The summed E-state index contributed by atoms with van der Waals surface area (Å²) in [5, 5.41) is 3.04. The number of hydrogen-bond donors (Lipinski definition) is 1. The Morgan fingerprint density at radius 3 is 2.20 bits per heavy atom. The highest BCUT2D eigenvalue weighted by molar-refractivity contribution is 7.91. The van der Waals surface area contributed by atoms with E-state index >= 15 is 0 Å². The predicted molar refractivity (Wildman–Crippen MR) is 85.1 cm³/mol. The van der Waals surface area contributed by atoms with Gasteiger partial charge in [0.1, 0.15) is 11.6 Å². The molecular weight excluding hydrogens is 358 g/mol. The summed E-state index contributed by atoms with van der Waals surface area (Å²) in [6.07, 6.45) is 1.71. The fraction of sp³-hybridized carbons (Fsp3) is 0.294. The first kappa shape index (κ1) is 17.7. The van der Waals surface area contributed by atoms with E-state index in [0.717, 1.165) is 43.2 Å². The van der Waals surface area contributed by atoms with Crippen molar-refractivity contribution >= 4 is 15.5 Å². The summed E-state index contributed by atoms with van der Waals surface area (Å²) < 4.78 is 75.5. The molecule has 1 fully saturated rings. The van der Waals surface area contributed by atoms with Crippen molar-refractivity contribution in [2.75, 3.05) is 5.32 Å².